The van der Waals surface area contributed by atoms with Crippen LogP contribution in [0.4, 0.5) is 10.5 Å². The molecule has 5 rings (SSSR count). The van der Waals surface area contributed by atoms with E-state index in [2.05, 4.69) is 27.7 Å². The fourth-order valence-corrected chi connectivity index (χ4v) is 4.75. The number of para-hydroxylation sites is 1. The number of amides is 2. The van der Waals surface area contributed by atoms with Gasteiger partial charge >= 0.3 is 6.09 Å². The largest absolute Gasteiger partial charge is 0.444 e. The summed E-state index contributed by atoms with van der Waals surface area (Å²) in [7, 11) is 0. The molecule has 3 N–H and O–H groups in total. The molecule has 3 aromatic heterocycles. The van der Waals surface area contributed by atoms with Gasteiger partial charge in [0.25, 0.3) is 5.91 Å². The van der Waals surface area contributed by atoms with E-state index in [0.717, 1.165) is 17.7 Å². The van der Waals surface area contributed by atoms with Crippen molar-refractivity contribution in [3.8, 4) is 16.9 Å². The quantitative estimate of drug-likeness (QED) is 0.399. The van der Waals surface area contributed by atoms with E-state index in [-0.39, 0.29) is 23.6 Å². The maximum Gasteiger partial charge on any atom is 0.410 e. The Morgan fingerprint density at radius 3 is 2.61 bits per heavy atom. The highest BCUT2D eigenvalue weighted by Gasteiger charge is 2.37. The summed E-state index contributed by atoms with van der Waals surface area (Å²) < 4.78 is 8.98. The minimum absolute atomic E-state index is 0.103. The summed E-state index contributed by atoms with van der Waals surface area (Å²) in [5.41, 5.74) is 9.04. The molecule has 0 radical (unpaired) electrons. The van der Waals surface area contributed by atoms with Crippen molar-refractivity contribution < 1.29 is 14.3 Å². The highest BCUT2D eigenvalue weighted by Crippen LogP contribution is 2.31. The first-order valence-electron chi connectivity index (χ1n) is 12.7. The number of nitrogens with two attached hydrogens (primary N) is 1. The van der Waals surface area contributed by atoms with Gasteiger partial charge in [-0.25, -0.2) is 14.0 Å². The lowest BCUT2D eigenvalue weighted by Gasteiger charge is -2.24. The summed E-state index contributed by atoms with van der Waals surface area (Å²) in [4.78, 5) is 26.8. The number of likely N-dealkylation sites (tertiary alicyclic amines) is 1. The number of ether oxygens (including phenoxy) is 1. The van der Waals surface area contributed by atoms with Gasteiger partial charge in [0.15, 0.2) is 0 Å². The van der Waals surface area contributed by atoms with Crippen LogP contribution in [-0.4, -0.2) is 66.2 Å². The van der Waals surface area contributed by atoms with E-state index in [1.54, 1.807) is 14.1 Å². The molecule has 1 aliphatic heterocycles. The van der Waals surface area contributed by atoms with Crippen molar-refractivity contribution in [3.05, 3.63) is 60.6 Å². The molecule has 198 valence electrons. The zero-order valence-corrected chi connectivity index (χ0v) is 22.0. The number of carbonyl (C=O) groups is 2. The maximum atomic E-state index is 12.7. The lowest BCUT2D eigenvalue weighted by Crippen LogP contribution is -2.36. The van der Waals surface area contributed by atoms with Crippen molar-refractivity contribution in [1.29, 1.82) is 0 Å². The van der Waals surface area contributed by atoms with Crippen LogP contribution in [0.3, 0.4) is 0 Å². The molecule has 11 nitrogen and oxygen atoms in total. The zero-order chi connectivity index (χ0) is 27.0. The first-order chi connectivity index (χ1) is 18.1. The van der Waals surface area contributed by atoms with E-state index in [9.17, 15) is 9.59 Å². The lowest BCUT2D eigenvalue weighted by atomic mass is 10.00. The second kappa shape index (κ2) is 9.81. The molecule has 1 aliphatic rings. The van der Waals surface area contributed by atoms with Gasteiger partial charge in [0.1, 0.15) is 11.3 Å². The van der Waals surface area contributed by atoms with Crippen LogP contribution in [-0.2, 0) is 4.74 Å². The molecule has 0 spiro atoms. The van der Waals surface area contributed by atoms with Gasteiger partial charge in [0.05, 0.1) is 34.8 Å². The number of anilines is 1. The molecule has 38 heavy (non-hydrogen) atoms. The van der Waals surface area contributed by atoms with Crippen LogP contribution in [0.5, 0.6) is 0 Å². The predicted molar refractivity (Wildman–Crippen MR) is 143 cm³/mol. The number of primary amides is 1. The molecular weight excluding hydrogens is 484 g/mol. The average molecular weight is 517 g/mol. The third kappa shape index (κ3) is 5.04. The molecule has 2 atom stereocenters. The Hall–Kier alpha value is -4.41. The molecule has 1 aromatic carbocycles. The average Bonchev–Trinajstić information content (AvgIpc) is 3.61. The normalized spacial score (nSPS) is 17.6. The number of benzene rings is 1. The SMILES string of the molecule is CCC1CN(C(=O)OC(C)(C)C)CC1Nc1c(C(N)=O)cnn2cc(-c3cn(-c4ccccc4)nn3)cc12. The Kier molecular flexibility index (Phi) is 6.52. The summed E-state index contributed by atoms with van der Waals surface area (Å²) in [6, 6.07) is 11.5. The van der Waals surface area contributed by atoms with Crippen molar-refractivity contribution in [1.82, 2.24) is 29.5 Å². The van der Waals surface area contributed by atoms with Crippen LogP contribution >= 0.6 is 0 Å². The summed E-state index contributed by atoms with van der Waals surface area (Å²) in [6.45, 7) is 8.64. The molecule has 4 heterocycles. The van der Waals surface area contributed by atoms with Crippen LogP contribution in [0.25, 0.3) is 22.5 Å². The minimum Gasteiger partial charge on any atom is -0.444 e. The topological polar surface area (TPSA) is 133 Å². The molecule has 1 fully saturated rings. The van der Waals surface area contributed by atoms with E-state index in [4.69, 9.17) is 10.5 Å². The molecular formula is C27H32N8O3. The predicted octanol–water partition coefficient (Wildman–Crippen LogP) is 3.74. The minimum atomic E-state index is -0.588. The van der Waals surface area contributed by atoms with Gasteiger partial charge in [-0.15, -0.1) is 5.10 Å². The van der Waals surface area contributed by atoms with Crippen molar-refractivity contribution in [2.75, 3.05) is 18.4 Å². The first-order valence-corrected chi connectivity index (χ1v) is 12.7. The summed E-state index contributed by atoms with van der Waals surface area (Å²) in [6.07, 6.45) is 5.64. The summed E-state index contributed by atoms with van der Waals surface area (Å²) in [5.74, 6) is -0.424. The molecule has 0 saturated carbocycles. The van der Waals surface area contributed by atoms with E-state index in [0.29, 0.717) is 30.0 Å². The molecule has 2 amide bonds. The van der Waals surface area contributed by atoms with E-state index in [1.807, 2.05) is 69.6 Å². The number of aromatic nitrogens is 5. The fourth-order valence-electron chi connectivity index (χ4n) is 4.75. The van der Waals surface area contributed by atoms with Gasteiger partial charge in [-0.1, -0.05) is 30.3 Å². The van der Waals surface area contributed by atoms with E-state index >= 15 is 0 Å². The second-order valence-corrected chi connectivity index (χ2v) is 10.5. The van der Waals surface area contributed by atoms with Crippen molar-refractivity contribution in [2.45, 2.75) is 45.8 Å². The van der Waals surface area contributed by atoms with Crippen LogP contribution in [0.1, 0.15) is 44.5 Å². The molecule has 11 heteroatoms. The number of rotatable bonds is 6. The molecule has 4 aromatic rings. The Bertz CT molecular complexity index is 1470. The van der Waals surface area contributed by atoms with E-state index in [1.165, 1.54) is 6.20 Å². The highest BCUT2D eigenvalue weighted by molar-refractivity contribution is 6.02. The fraction of sp³-hybridized carbons (Fsp3) is 0.370. The third-order valence-corrected chi connectivity index (χ3v) is 6.66. The third-order valence-electron chi connectivity index (χ3n) is 6.66. The van der Waals surface area contributed by atoms with Gasteiger partial charge < -0.3 is 20.7 Å². The van der Waals surface area contributed by atoms with E-state index < -0.39 is 11.5 Å². The Morgan fingerprint density at radius 1 is 1.16 bits per heavy atom. The monoisotopic (exact) mass is 516 g/mol. The maximum absolute atomic E-state index is 12.7. The number of carbonyl (C=O) groups excluding carboxylic acids is 2. The van der Waals surface area contributed by atoms with Crippen LogP contribution < -0.4 is 11.1 Å². The summed E-state index contributed by atoms with van der Waals surface area (Å²) >= 11 is 0. The number of nitrogens with one attached hydrogen (secondary N) is 1. The number of fused-ring (bicyclic) bond motifs is 1. The highest BCUT2D eigenvalue weighted by atomic mass is 16.6. The van der Waals surface area contributed by atoms with Gasteiger partial charge in [0.2, 0.25) is 0 Å². The van der Waals surface area contributed by atoms with Crippen molar-refractivity contribution >= 4 is 23.2 Å². The van der Waals surface area contributed by atoms with Gasteiger partial charge in [-0.2, -0.15) is 5.10 Å². The molecule has 0 bridgehead atoms. The lowest BCUT2D eigenvalue weighted by molar-refractivity contribution is 0.0287. The van der Waals surface area contributed by atoms with Crippen molar-refractivity contribution in [2.24, 2.45) is 11.7 Å². The zero-order valence-electron chi connectivity index (χ0n) is 22.0. The molecule has 1 saturated heterocycles. The van der Waals surface area contributed by atoms with Crippen LogP contribution in [0.15, 0.2) is 55.0 Å². The van der Waals surface area contributed by atoms with Gasteiger partial charge in [0, 0.05) is 30.9 Å². The standard InChI is InChI=1S/C27H32N8O3/c1-5-17-13-33(26(37)38-27(2,3)4)15-21(17)30-24-20(25(28)36)12-29-35-14-18(11-23(24)35)22-16-34(32-31-22)19-9-7-6-8-10-19/h6-12,14,16-17,21,30H,5,13,15H2,1-4H3,(H2,28,36). The Morgan fingerprint density at radius 2 is 1.92 bits per heavy atom. The second-order valence-electron chi connectivity index (χ2n) is 10.5. The smallest absolute Gasteiger partial charge is 0.410 e. The van der Waals surface area contributed by atoms with Crippen LogP contribution in [0, 0.1) is 5.92 Å². The summed E-state index contributed by atoms with van der Waals surface area (Å²) in [5, 5.41) is 16.5. The van der Waals surface area contributed by atoms with Crippen LogP contribution in [0.2, 0.25) is 0 Å². The molecule has 0 aliphatic carbocycles. The number of hydrogen-bond donors (Lipinski definition) is 2. The van der Waals surface area contributed by atoms with Gasteiger partial charge in [-0.05, 0) is 51.3 Å². The number of hydrogen-bond acceptors (Lipinski definition) is 7. The Labute approximate surface area is 220 Å². The number of nitrogens with zero attached hydrogens (tertiary/aromatic N) is 6. The first kappa shape index (κ1) is 25.2. The van der Waals surface area contributed by atoms with Crippen molar-refractivity contribution in [3.63, 3.8) is 0 Å². The Balaban J connectivity index is 1.47. The molecule has 2 unspecified atom stereocenters. The van der Waals surface area contributed by atoms with Gasteiger partial charge in [-0.3, -0.25) is 4.79 Å².